The van der Waals surface area contributed by atoms with Crippen molar-refractivity contribution < 1.29 is 19.4 Å². The molecule has 1 aliphatic carbocycles. The quantitative estimate of drug-likeness (QED) is 0.917. The molecule has 1 fully saturated rings. The molecule has 1 aromatic carbocycles. The monoisotopic (exact) mass is 341 g/mol. The molecule has 1 saturated carbocycles. The molecule has 0 bridgehead atoms. The smallest absolute Gasteiger partial charge is 0.290 e. The Hall–Kier alpha value is -2.30. The largest absolute Gasteiger partial charge is 0.508 e. The van der Waals surface area contributed by atoms with Gasteiger partial charge in [-0.25, -0.2) is 0 Å². The third-order valence-electron chi connectivity index (χ3n) is 5.51. The van der Waals surface area contributed by atoms with Crippen LogP contribution in [0.1, 0.15) is 50.6 Å². The summed E-state index contributed by atoms with van der Waals surface area (Å²) in [5.74, 6) is 0.112. The van der Waals surface area contributed by atoms with Crippen LogP contribution >= 0.6 is 0 Å². The number of ether oxygens (including phenoxy) is 1. The molecular weight excluding hydrogens is 318 g/mol. The minimum Gasteiger partial charge on any atom is -0.508 e. The second-order valence-corrected chi connectivity index (χ2v) is 7.15. The van der Waals surface area contributed by atoms with Gasteiger partial charge >= 0.3 is 0 Å². The molecule has 3 atom stereocenters. The van der Waals surface area contributed by atoms with Gasteiger partial charge in [-0.3, -0.25) is 9.59 Å². The number of hydrogen-bond donors (Lipinski definition) is 1. The summed E-state index contributed by atoms with van der Waals surface area (Å²) in [6.07, 6.45) is 4.38. The lowest BCUT2D eigenvalue weighted by Gasteiger charge is -2.35. The summed E-state index contributed by atoms with van der Waals surface area (Å²) in [5.41, 5.74) is 1.25. The van der Waals surface area contributed by atoms with Crippen molar-refractivity contribution in [1.29, 1.82) is 0 Å². The van der Waals surface area contributed by atoms with E-state index < -0.39 is 6.04 Å². The zero-order valence-electron chi connectivity index (χ0n) is 14.4. The highest BCUT2D eigenvalue weighted by atomic mass is 16.5. The molecule has 2 heterocycles. The first kappa shape index (κ1) is 16.2. The fourth-order valence-electron chi connectivity index (χ4n) is 4.41. The van der Waals surface area contributed by atoms with Crippen LogP contribution in [0.25, 0.3) is 0 Å². The van der Waals surface area contributed by atoms with Crippen molar-refractivity contribution in [2.75, 3.05) is 6.54 Å². The van der Waals surface area contributed by atoms with Gasteiger partial charge in [0.15, 0.2) is 11.5 Å². The van der Waals surface area contributed by atoms with E-state index in [1.165, 1.54) is 0 Å². The van der Waals surface area contributed by atoms with Crippen LogP contribution < -0.4 is 0 Å². The van der Waals surface area contributed by atoms with Crippen molar-refractivity contribution >= 4 is 11.7 Å². The number of Topliss-reactive ketones (excluding diaryl/α,β-unsaturated/α-hetero) is 1. The van der Waals surface area contributed by atoms with Crippen LogP contribution in [-0.2, 0) is 14.3 Å². The van der Waals surface area contributed by atoms with Crippen molar-refractivity contribution in [1.82, 2.24) is 4.90 Å². The second kappa shape index (κ2) is 6.21. The lowest BCUT2D eigenvalue weighted by Crippen LogP contribution is -2.39. The molecule has 1 aromatic rings. The van der Waals surface area contributed by atoms with Crippen molar-refractivity contribution in [3.63, 3.8) is 0 Å². The molecule has 1 amide bonds. The molecule has 4 rings (SSSR count). The number of aromatic hydroxyl groups is 1. The summed E-state index contributed by atoms with van der Waals surface area (Å²) < 4.78 is 6.06. The fraction of sp³-hybridized carbons (Fsp3) is 0.500. The first-order valence-electron chi connectivity index (χ1n) is 9.16. The summed E-state index contributed by atoms with van der Waals surface area (Å²) in [7, 11) is 0. The van der Waals surface area contributed by atoms with Crippen molar-refractivity contribution in [3.8, 4) is 5.75 Å². The van der Waals surface area contributed by atoms with Crippen LogP contribution in [0.2, 0.25) is 0 Å². The van der Waals surface area contributed by atoms with Crippen LogP contribution in [0, 0.1) is 5.92 Å². The van der Waals surface area contributed by atoms with Gasteiger partial charge < -0.3 is 14.7 Å². The molecule has 25 heavy (non-hydrogen) atoms. The topological polar surface area (TPSA) is 66.8 Å². The van der Waals surface area contributed by atoms with E-state index in [1.54, 1.807) is 23.1 Å². The minimum absolute atomic E-state index is 0.0613. The van der Waals surface area contributed by atoms with Gasteiger partial charge in [-0.05, 0) is 43.4 Å². The number of hydrogen-bond acceptors (Lipinski definition) is 4. The first-order chi connectivity index (χ1) is 12.1. The molecule has 0 aromatic heterocycles. The number of phenolic OH excluding ortho intramolecular Hbond substituents is 1. The highest BCUT2D eigenvalue weighted by Crippen LogP contribution is 2.46. The average Bonchev–Trinajstić information content (AvgIpc) is 2.89. The lowest BCUT2D eigenvalue weighted by molar-refractivity contribution is -0.135. The summed E-state index contributed by atoms with van der Waals surface area (Å²) >= 11 is 0. The van der Waals surface area contributed by atoms with Crippen LogP contribution in [0.15, 0.2) is 35.6 Å². The maximum Gasteiger partial charge on any atom is 0.290 e. The Morgan fingerprint density at radius 3 is 2.80 bits per heavy atom. The molecular formula is C20H23NO4. The zero-order chi connectivity index (χ0) is 17.6. The summed E-state index contributed by atoms with van der Waals surface area (Å²) in [5, 5.41) is 9.87. The van der Waals surface area contributed by atoms with E-state index in [9.17, 15) is 14.7 Å². The van der Waals surface area contributed by atoms with E-state index in [1.807, 2.05) is 13.0 Å². The number of carbonyl (C=O) groups is 2. The predicted molar refractivity (Wildman–Crippen MR) is 91.7 cm³/mol. The standard InChI is InChI=1S/C20H23NO4/c1-2-10-21-17(12-6-5-7-13(22)11-12)16-18(23)14-8-3-4-9-15(14)25-19(16)20(21)24/h5-7,11,14-15,17,22H,2-4,8-10H2,1H3. The van der Waals surface area contributed by atoms with Gasteiger partial charge in [0.25, 0.3) is 5.91 Å². The Labute approximate surface area is 147 Å². The van der Waals surface area contributed by atoms with Gasteiger partial charge in [-0.1, -0.05) is 25.5 Å². The highest BCUT2D eigenvalue weighted by Gasteiger charge is 2.51. The van der Waals surface area contributed by atoms with Gasteiger partial charge in [-0.15, -0.1) is 0 Å². The van der Waals surface area contributed by atoms with Gasteiger partial charge in [0, 0.05) is 6.54 Å². The number of phenols is 1. The van der Waals surface area contributed by atoms with E-state index in [0.717, 1.165) is 37.7 Å². The number of rotatable bonds is 3. The van der Waals surface area contributed by atoms with Gasteiger partial charge in [0.2, 0.25) is 0 Å². The lowest BCUT2D eigenvalue weighted by atomic mass is 9.77. The molecule has 0 saturated heterocycles. The Bertz CT molecular complexity index is 754. The Morgan fingerprint density at radius 1 is 1.24 bits per heavy atom. The van der Waals surface area contributed by atoms with Crippen molar-refractivity contribution in [2.24, 2.45) is 5.92 Å². The third kappa shape index (κ3) is 2.53. The Kier molecular flexibility index (Phi) is 4.02. The van der Waals surface area contributed by atoms with E-state index in [4.69, 9.17) is 4.74 Å². The summed E-state index contributed by atoms with van der Waals surface area (Å²) in [4.78, 5) is 27.9. The fourth-order valence-corrected chi connectivity index (χ4v) is 4.41. The maximum atomic E-state index is 13.2. The van der Waals surface area contributed by atoms with Crippen molar-refractivity contribution in [3.05, 3.63) is 41.2 Å². The summed E-state index contributed by atoms with van der Waals surface area (Å²) in [6, 6.07) is 6.38. The Balaban J connectivity index is 1.80. The third-order valence-corrected chi connectivity index (χ3v) is 5.51. The molecule has 2 aliphatic heterocycles. The normalized spacial score (nSPS) is 28.7. The summed E-state index contributed by atoms with van der Waals surface area (Å²) in [6.45, 7) is 2.56. The second-order valence-electron chi connectivity index (χ2n) is 7.15. The molecule has 3 aliphatic rings. The Morgan fingerprint density at radius 2 is 2.04 bits per heavy atom. The van der Waals surface area contributed by atoms with Crippen LogP contribution in [-0.4, -0.2) is 34.3 Å². The van der Waals surface area contributed by atoms with E-state index in [-0.39, 0.29) is 35.2 Å². The molecule has 5 heteroatoms. The zero-order valence-corrected chi connectivity index (χ0v) is 14.4. The van der Waals surface area contributed by atoms with E-state index >= 15 is 0 Å². The van der Waals surface area contributed by atoms with Crippen LogP contribution in [0.4, 0.5) is 0 Å². The highest BCUT2D eigenvalue weighted by molar-refractivity contribution is 6.11. The maximum absolute atomic E-state index is 13.2. The van der Waals surface area contributed by atoms with E-state index in [2.05, 4.69) is 0 Å². The molecule has 5 nitrogen and oxygen atoms in total. The van der Waals surface area contributed by atoms with Gasteiger partial charge in [-0.2, -0.15) is 0 Å². The molecule has 0 spiro atoms. The molecule has 132 valence electrons. The molecule has 3 unspecified atom stereocenters. The van der Waals surface area contributed by atoms with Crippen LogP contribution in [0.5, 0.6) is 5.75 Å². The van der Waals surface area contributed by atoms with Gasteiger partial charge in [0.1, 0.15) is 11.9 Å². The average molecular weight is 341 g/mol. The van der Waals surface area contributed by atoms with Crippen LogP contribution in [0.3, 0.4) is 0 Å². The van der Waals surface area contributed by atoms with E-state index in [0.29, 0.717) is 12.1 Å². The minimum atomic E-state index is -0.454. The number of carbonyl (C=O) groups excluding carboxylic acids is 2. The number of amides is 1. The first-order valence-corrected chi connectivity index (χ1v) is 9.16. The van der Waals surface area contributed by atoms with Crippen molar-refractivity contribution in [2.45, 2.75) is 51.2 Å². The predicted octanol–water partition coefficient (Wildman–Crippen LogP) is 3.10. The SMILES string of the molecule is CCCN1C(=O)C2=C(C(=O)C3CCCCC3O2)C1c1cccc(O)c1. The number of fused-ring (bicyclic) bond motifs is 1. The molecule has 1 N–H and O–H groups in total. The molecule has 0 radical (unpaired) electrons. The number of benzene rings is 1. The number of ketones is 1. The number of nitrogens with zero attached hydrogens (tertiary/aromatic N) is 1. The van der Waals surface area contributed by atoms with Gasteiger partial charge in [0.05, 0.1) is 17.5 Å².